The van der Waals surface area contributed by atoms with Gasteiger partial charge in [0, 0.05) is 0 Å². The van der Waals surface area contributed by atoms with Crippen LogP contribution in [0, 0.1) is 0 Å². The summed E-state index contributed by atoms with van der Waals surface area (Å²) in [7, 11) is -2.25. The molecular weight excluding hydrogens is 518 g/mol. The van der Waals surface area contributed by atoms with E-state index in [0.717, 1.165) is 34.0 Å². The highest BCUT2D eigenvalue weighted by molar-refractivity contribution is 7.84. The van der Waals surface area contributed by atoms with E-state index in [1.165, 1.54) is 0 Å². The topological polar surface area (TPSA) is 0 Å². The number of rotatable bonds is 8. The van der Waals surface area contributed by atoms with Gasteiger partial charge in [0.25, 0.3) is 0 Å². The van der Waals surface area contributed by atoms with E-state index in [-0.39, 0.29) is 0 Å². The second-order valence-electron chi connectivity index (χ2n) is 15.8. The van der Waals surface area contributed by atoms with E-state index in [1.54, 1.807) is 193 Å². The molecule has 6 aliphatic carbocycles. The van der Waals surface area contributed by atoms with E-state index in [2.05, 4.69) is 11.6 Å². The van der Waals surface area contributed by atoms with Gasteiger partial charge in [-0.1, -0.05) is 38.5 Å². The molecule has 0 aromatic rings. The molecule has 40 heavy (non-hydrogen) atoms. The molecule has 228 valence electrons. The lowest BCUT2D eigenvalue weighted by molar-refractivity contribution is 0.453. The van der Waals surface area contributed by atoms with Gasteiger partial charge in [0.05, 0.1) is 60.1 Å². The zero-order valence-electron chi connectivity index (χ0n) is 26.7. The van der Waals surface area contributed by atoms with Crippen molar-refractivity contribution < 1.29 is 0 Å². The average Bonchev–Trinajstić information content (AvgIpc) is 3.06. The maximum Gasteiger partial charge on any atom is 0.0941 e. The Morgan fingerprint density at radius 1 is 0.225 bits per heavy atom. The van der Waals surface area contributed by atoms with Crippen LogP contribution >= 0.6 is 14.5 Å². The van der Waals surface area contributed by atoms with Gasteiger partial charge < -0.3 is 0 Å². The fraction of sp³-hybridized carbons (Fsp3) is 0.947. The molecule has 2 heteroatoms. The van der Waals surface area contributed by atoms with Crippen LogP contribution in [0.5, 0.6) is 0 Å². The molecule has 0 nitrogen and oxygen atoms in total. The third kappa shape index (κ3) is 6.50. The van der Waals surface area contributed by atoms with Crippen LogP contribution in [0.15, 0.2) is 11.6 Å². The zero-order chi connectivity index (χ0) is 27.1. The normalized spacial score (nSPS) is 29.3. The maximum atomic E-state index is 3.36. The summed E-state index contributed by atoms with van der Waals surface area (Å²) in [5, 5.41) is 0. The minimum Gasteiger partial charge on any atom is -0.0530 e. The zero-order valence-corrected chi connectivity index (χ0v) is 28.5. The Kier molecular flexibility index (Phi) is 11.5. The molecule has 0 N–H and O–H groups in total. The molecule has 0 heterocycles. The van der Waals surface area contributed by atoms with Gasteiger partial charge in [-0.25, -0.2) is 0 Å². The van der Waals surface area contributed by atoms with E-state index in [0.29, 0.717) is 0 Å². The minimum atomic E-state index is -1.12. The third-order valence-electron chi connectivity index (χ3n) is 13.8. The highest BCUT2D eigenvalue weighted by Crippen LogP contribution is 2.83. The van der Waals surface area contributed by atoms with Crippen LogP contribution < -0.4 is 0 Å². The molecule has 0 aliphatic heterocycles. The largest absolute Gasteiger partial charge is 0.0941 e. The van der Waals surface area contributed by atoms with Crippen LogP contribution in [-0.2, 0) is 0 Å². The molecule has 0 amide bonds. The summed E-state index contributed by atoms with van der Waals surface area (Å²) in [5.74, 6) is 6.72. The Balaban J connectivity index is 1.47. The smallest absolute Gasteiger partial charge is 0.0530 e. The van der Waals surface area contributed by atoms with Gasteiger partial charge in [-0.05, 0) is 154 Å². The van der Waals surface area contributed by atoms with Crippen LogP contribution in [0.3, 0.4) is 0 Å². The van der Waals surface area contributed by atoms with E-state index in [9.17, 15) is 0 Å². The van der Waals surface area contributed by atoms with Gasteiger partial charge >= 0.3 is 0 Å². The summed E-state index contributed by atoms with van der Waals surface area (Å²) in [6.45, 7) is 0. The van der Waals surface area contributed by atoms with Crippen molar-refractivity contribution in [2.24, 2.45) is 0 Å². The van der Waals surface area contributed by atoms with Crippen molar-refractivity contribution in [2.75, 3.05) is 0 Å². The Hall–Kier alpha value is 0.600. The summed E-state index contributed by atoms with van der Waals surface area (Å²) in [4.78, 5) is 0. The summed E-state index contributed by atoms with van der Waals surface area (Å²) in [6.07, 6.45) is 47.4. The van der Waals surface area contributed by atoms with Gasteiger partial charge in [-0.15, -0.1) is 0 Å². The van der Waals surface area contributed by atoms with Crippen LogP contribution in [0.2, 0.25) is 0 Å². The van der Waals surface area contributed by atoms with E-state index < -0.39 is 14.5 Å². The van der Waals surface area contributed by atoms with Gasteiger partial charge in [-0.3, -0.25) is 0 Å². The first-order chi connectivity index (χ1) is 19.8. The monoisotopic (exact) mass is 586 g/mol. The first-order valence-corrected chi connectivity index (χ1v) is 23.4. The second kappa shape index (κ2) is 15.1. The quantitative estimate of drug-likeness (QED) is 0.248. The molecule has 0 aromatic carbocycles. The van der Waals surface area contributed by atoms with Crippen LogP contribution in [0.1, 0.15) is 193 Å². The standard InChI is InChI=1S/C38H68P2/c1-7-19-33(20-8-1)39(34-21-9-2-10-22-34,35-23-11-3-12-24-35)31-32-40(36-25-13-4-14-26-36,37-27-15-5-16-28-37)38-29-17-6-18-30-38/h31-38H,1-30H2/q+2/b32-31+. The molecule has 0 atom stereocenters. The van der Waals surface area contributed by atoms with E-state index >= 15 is 0 Å². The van der Waals surface area contributed by atoms with Gasteiger partial charge in [0.2, 0.25) is 0 Å². The lowest BCUT2D eigenvalue weighted by Gasteiger charge is -2.49. The van der Waals surface area contributed by atoms with Crippen molar-refractivity contribution in [3.8, 4) is 0 Å². The Morgan fingerprint density at radius 2 is 0.375 bits per heavy atom. The van der Waals surface area contributed by atoms with Crippen molar-refractivity contribution >= 4 is 14.5 Å². The molecule has 0 bridgehead atoms. The highest BCUT2D eigenvalue weighted by Gasteiger charge is 2.60. The molecule has 0 radical (unpaired) electrons. The predicted octanol–water partition coefficient (Wildman–Crippen LogP) is 13.5. The summed E-state index contributed by atoms with van der Waals surface area (Å²) >= 11 is 0. The Morgan fingerprint density at radius 3 is 0.525 bits per heavy atom. The van der Waals surface area contributed by atoms with Crippen molar-refractivity contribution in [3.63, 3.8) is 0 Å². The molecule has 0 saturated heterocycles. The summed E-state index contributed by atoms with van der Waals surface area (Å²) < 4.78 is 0. The fourth-order valence-corrected chi connectivity index (χ4v) is 26.4. The molecular formula is C38H68P2+2. The van der Waals surface area contributed by atoms with Crippen molar-refractivity contribution in [2.45, 2.75) is 227 Å². The molecule has 0 spiro atoms. The Labute approximate surface area is 252 Å². The van der Waals surface area contributed by atoms with Crippen LogP contribution in [-0.4, -0.2) is 34.0 Å². The van der Waals surface area contributed by atoms with Gasteiger partial charge in [-0.2, -0.15) is 0 Å². The maximum absolute atomic E-state index is 3.36. The first-order valence-electron chi connectivity index (χ1n) is 19.3. The van der Waals surface area contributed by atoms with Crippen molar-refractivity contribution in [3.05, 3.63) is 11.6 Å². The molecule has 0 aromatic heterocycles. The molecule has 6 aliphatic rings. The number of hydrogen-bond donors (Lipinski definition) is 0. The second-order valence-corrected chi connectivity index (χ2v) is 24.4. The molecule has 0 unspecified atom stereocenters. The van der Waals surface area contributed by atoms with E-state index in [1.807, 2.05) is 0 Å². The lowest BCUT2D eigenvalue weighted by Crippen LogP contribution is -2.36. The van der Waals surface area contributed by atoms with Crippen molar-refractivity contribution in [1.29, 1.82) is 0 Å². The lowest BCUT2D eigenvalue weighted by atomic mass is 9.99. The fourth-order valence-electron chi connectivity index (χ4n) is 11.9. The third-order valence-corrected chi connectivity index (χ3v) is 26.1. The molecule has 6 rings (SSSR count). The number of hydrogen-bond acceptors (Lipinski definition) is 0. The SMILES string of the molecule is C(=C\[P+](C1CCCCC1)(C1CCCCC1)C1CCCCC1)/[P+](C1CCCCC1)(C1CCCCC1)C1CCCCC1. The molecule has 6 fully saturated rings. The molecule has 6 saturated carbocycles. The van der Waals surface area contributed by atoms with Gasteiger partial charge in [0.1, 0.15) is 0 Å². The average molecular weight is 587 g/mol. The minimum absolute atomic E-state index is 1.12. The van der Waals surface area contributed by atoms with Crippen LogP contribution in [0.25, 0.3) is 0 Å². The van der Waals surface area contributed by atoms with Gasteiger partial charge in [0.15, 0.2) is 0 Å². The summed E-state index contributed by atoms with van der Waals surface area (Å²) in [6, 6.07) is 0. The van der Waals surface area contributed by atoms with Crippen LogP contribution in [0.4, 0.5) is 0 Å². The van der Waals surface area contributed by atoms with Crippen molar-refractivity contribution in [1.82, 2.24) is 0 Å². The predicted molar refractivity (Wildman–Crippen MR) is 184 cm³/mol. The van der Waals surface area contributed by atoms with E-state index in [4.69, 9.17) is 0 Å². The Bertz CT molecular complexity index is 595. The highest BCUT2D eigenvalue weighted by atomic mass is 31.2. The summed E-state index contributed by atoms with van der Waals surface area (Å²) in [5.41, 5.74) is 6.72. The first kappa shape index (κ1) is 30.6.